The molecule has 12 heteroatoms. The standard InChI is InChI=1S/C16H14ClN3OS2.C2HF3O2/c1-8(21)19-15-14(10-4-5-18-7-13(10)23-15)16-20-11-6-9(17)2-3-12(11)22-16;3-2(4,5)1(6)7/h2-3,6,18H,4-5,7H2,1H3,(H,19,21);(H,6,7). The summed E-state index contributed by atoms with van der Waals surface area (Å²) in [5, 5.41) is 16.0. The molecule has 0 saturated heterocycles. The van der Waals surface area contributed by atoms with E-state index in [1.54, 1.807) is 29.6 Å². The summed E-state index contributed by atoms with van der Waals surface area (Å²) in [6.07, 6.45) is -4.13. The second kappa shape index (κ2) is 8.88. The zero-order valence-electron chi connectivity index (χ0n) is 15.4. The number of aliphatic carboxylic acids is 1. The average molecular weight is 478 g/mol. The molecule has 3 heterocycles. The number of thiazole rings is 1. The number of benzene rings is 1. The van der Waals surface area contributed by atoms with Gasteiger partial charge >= 0.3 is 12.1 Å². The van der Waals surface area contributed by atoms with Crippen molar-refractivity contribution in [3.8, 4) is 10.6 Å². The fourth-order valence-corrected chi connectivity index (χ4v) is 5.34. The van der Waals surface area contributed by atoms with Crippen molar-refractivity contribution in [2.24, 2.45) is 0 Å². The fraction of sp³-hybridized carbons (Fsp3) is 0.278. The first-order valence-corrected chi connectivity index (χ1v) is 10.6. The molecular formula is C18H15ClF3N3O3S2. The van der Waals surface area contributed by atoms with Gasteiger partial charge in [0.1, 0.15) is 10.0 Å². The third kappa shape index (κ3) is 5.09. The maximum atomic E-state index is 11.6. The summed E-state index contributed by atoms with van der Waals surface area (Å²) in [4.78, 5) is 26.5. The number of fused-ring (bicyclic) bond motifs is 2. The van der Waals surface area contributed by atoms with Gasteiger partial charge in [-0.1, -0.05) is 11.6 Å². The molecule has 160 valence electrons. The number of carboxylic acid groups (broad SMARTS) is 1. The van der Waals surface area contributed by atoms with Crippen molar-refractivity contribution in [2.75, 3.05) is 11.9 Å². The van der Waals surface area contributed by atoms with E-state index in [0.717, 1.165) is 45.3 Å². The number of hydrogen-bond donors (Lipinski definition) is 3. The number of nitrogens with one attached hydrogen (secondary N) is 2. The topological polar surface area (TPSA) is 91.3 Å². The highest BCUT2D eigenvalue weighted by molar-refractivity contribution is 7.23. The summed E-state index contributed by atoms with van der Waals surface area (Å²) in [5.41, 5.74) is 3.29. The molecule has 0 saturated carbocycles. The van der Waals surface area contributed by atoms with Crippen molar-refractivity contribution in [3.05, 3.63) is 33.7 Å². The van der Waals surface area contributed by atoms with E-state index in [4.69, 9.17) is 26.5 Å². The molecule has 1 aliphatic rings. The Morgan fingerprint density at radius 2 is 2.00 bits per heavy atom. The van der Waals surface area contributed by atoms with Gasteiger partial charge < -0.3 is 15.7 Å². The number of thiophene rings is 1. The number of carbonyl (C=O) groups excluding carboxylic acids is 1. The number of carboxylic acids is 1. The molecule has 0 radical (unpaired) electrons. The van der Waals surface area contributed by atoms with Crippen molar-refractivity contribution >= 4 is 61.4 Å². The monoisotopic (exact) mass is 477 g/mol. The maximum Gasteiger partial charge on any atom is 0.490 e. The molecule has 30 heavy (non-hydrogen) atoms. The van der Waals surface area contributed by atoms with Gasteiger partial charge in [-0.2, -0.15) is 13.2 Å². The minimum atomic E-state index is -5.08. The first-order valence-electron chi connectivity index (χ1n) is 8.55. The van der Waals surface area contributed by atoms with Crippen LogP contribution >= 0.6 is 34.3 Å². The molecule has 1 aliphatic heterocycles. The van der Waals surface area contributed by atoms with Crippen LogP contribution in [0, 0.1) is 0 Å². The minimum absolute atomic E-state index is 0.0537. The zero-order valence-corrected chi connectivity index (χ0v) is 17.8. The van der Waals surface area contributed by atoms with Gasteiger partial charge in [-0.15, -0.1) is 22.7 Å². The number of carbonyl (C=O) groups is 2. The van der Waals surface area contributed by atoms with Gasteiger partial charge in [-0.3, -0.25) is 4.79 Å². The molecule has 3 aromatic rings. The number of aromatic nitrogens is 1. The van der Waals surface area contributed by atoms with Crippen LogP contribution in [0.1, 0.15) is 17.4 Å². The lowest BCUT2D eigenvalue weighted by Crippen LogP contribution is -2.22. The number of nitrogens with zero attached hydrogens (tertiary/aromatic N) is 1. The number of hydrogen-bond acceptors (Lipinski definition) is 6. The van der Waals surface area contributed by atoms with Crippen molar-refractivity contribution in [1.29, 1.82) is 0 Å². The van der Waals surface area contributed by atoms with Crippen LogP contribution in [0.25, 0.3) is 20.8 Å². The largest absolute Gasteiger partial charge is 0.490 e. The zero-order chi connectivity index (χ0) is 22.1. The second-order valence-corrected chi connectivity index (χ2v) is 8.82. The molecule has 0 atom stereocenters. The van der Waals surface area contributed by atoms with Crippen LogP contribution in [0.15, 0.2) is 18.2 Å². The Morgan fingerprint density at radius 3 is 2.63 bits per heavy atom. The van der Waals surface area contributed by atoms with Crippen LogP contribution in [0.3, 0.4) is 0 Å². The molecule has 0 fully saturated rings. The molecule has 2 aromatic heterocycles. The van der Waals surface area contributed by atoms with Crippen LogP contribution in [-0.2, 0) is 22.6 Å². The second-order valence-electron chi connectivity index (χ2n) is 6.25. The van der Waals surface area contributed by atoms with Gasteiger partial charge in [-0.05, 0) is 36.7 Å². The summed E-state index contributed by atoms with van der Waals surface area (Å²) in [5.74, 6) is -2.81. The SMILES string of the molecule is CC(=O)Nc1sc2c(c1-c1nc3cc(Cl)ccc3s1)CCNC2.O=C(O)C(F)(F)F. The normalized spacial score (nSPS) is 13.4. The Bertz CT molecular complexity index is 1110. The van der Waals surface area contributed by atoms with E-state index in [2.05, 4.69) is 10.6 Å². The summed E-state index contributed by atoms with van der Waals surface area (Å²) >= 11 is 9.36. The summed E-state index contributed by atoms with van der Waals surface area (Å²) in [6.45, 7) is 3.34. The van der Waals surface area contributed by atoms with E-state index in [1.165, 1.54) is 10.4 Å². The van der Waals surface area contributed by atoms with Gasteiger partial charge in [-0.25, -0.2) is 9.78 Å². The van der Waals surface area contributed by atoms with Crippen molar-refractivity contribution in [1.82, 2.24) is 10.3 Å². The lowest BCUT2D eigenvalue weighted by atomic mass is 10.0. The molecule has 0 aliphatic carbocycles. The highest BCUT2D eigenvalue weighted by Gasteiger charge is 2.38. The van der Waals surface area contributed by atoms with E-state index >= 15 is 0 Å². The van der Waals surface area contributed by atoms with Crippen molar-refractivity contribution in [3.63, 3.8) is 0 Å². The predicted octanol–water partition coefficient (Wildman–Crippen LogP) is 4.92. The van der Waals surface area contributed by atoms with E-state index in [-0.39, 0.29) is 5.91 Å². The Morgan fingerprint density at radius 1 is 1.30 bits per heavy atom. The van der Waals surface area contributed by atoms with Crippen molar-refractivity contribution in [2.45, 2.75) is 26.1 Å². The Hall–Kier alpha value is -2.21. The number of alkyl halides is 3. The molecule has 3 N–H and O–H groups in total. The minimum Gasteiger partial charge on any atom is -0.475 e. The molecule has 1 amide bonds. The molecule has 0 spiro atoms. The van der Waals surface area contributed by atoms with E-state index in [9.17, 15) is 18.0 Å². The molecule has 4 rings (SSSR count). The lowest BCUT2D eigenvalue weighted by molar-refractivity contribution is -0.192. The van der Waals surface area contributed by atoms with Gasteiger partial charge in [0.15, 0.2) is 0 Å². The Balaban J connectivity index is 0.000000318. The third-order valence-corrected chi connectivity index (χ3v) is 6.46. The fourth-order valence-electron chi connectivity index (χ4n) is 2.82. The predicted molar refractivity (Wildman–Crippen MR) is 111 cm³/mol. The maximum absolute atomic E-state index is 11.6. The first-order chi connectivity index (χ1) is 14.1. The summed E-state index contributed by atoms with van der Waals surface area (Å²) in [7, 11) is 0. The number of halogens is 4. The van der Waals surface area contributed by atoms with Crippen molar-refractivity contribution < 1.29 is 27.9 Å². The van der Waals surface area contributed by atoms with E-state index in [1.807, 2.05) is 18.2 Å². The highest BCUT2D eigenvalue weighted by atomic mass is 35.5. The Kier molecular flexibility index (Phi) is 6.65. The van der Waals surface area contributed by atoms with Crippen LogP contribution in [-0.4, -0.2) is 34.7 Å². The lowest BCUT2D eigenvalue weighted by Gasteiger charge is -2.13. The number of anilines is 1. The van der Waals surface area contributed by atoms with Crippen LogP contribution in [0.5, 0.6) is 0 Å². The number of amides is 1. The summed E-state index contributed by atoms with van der Waals surface area (Å²) < 4.78 is 32.8. The first kappa shape index (κ1) is 22.5. The highest BCUT2D eigenvalue weighted by Crippen LogP contribution is 2.44. The molecule has 0 unspecified atom stereocenters. The molecule has 1 aromatic carbocycles. The van der Waals surface area contributed by atoms with Crippen LogP contribution < -0.4 is 10.6 Å². The van der Waals surface area contributed by atoms with Crippen LogP contribution in [0.2, 0.25) is 5.02 Å². The van der Waals surface area contributed by atoms with Gasteiger partial charge in [0.05, 0.1) is 10.2 Å². The molecule has 6 nitrogen and oxygen atoms in total. The van der Waals surface area contributed by atoms with Crippen LogP contribution in [0.4, 0.5) is 18.2 Å². The van der Waals surface area contributed by atoms with Gasteiger partial charge in [0.25, 0.3) is 0 Å². The van der Waals surface area contributed by atoms with Gasteiger partial charge in [0, 0.05) is 28.9 Å². The quantitative estimate of drug-likeness (QED) is 0.487. The van der Waals surface area contributed by atoms with E-state index < -0.39 is 12.1 Å². The van der Waals surface area contributed by atoms with Gasteiger partial charge in [0.2, 0.25) is 5.91 Å². The Labute approximate surface area is 181 Å². The average Bonchev–Trinajstić information content (AvgIpc) is 3.20. The third-order valence-electron chi connectivity index (χ3n) is 4.02. The summed E-state index contributed by atoms with van der Waals surface area (Å²) in [6, 6.07) is 5.76. The van der Waals surface area contributed by atoms with E-state index in [0.29, 0.717) is 5.02 Å². The molecule has 0 bridgehead atoms. The molecular weight excluding hydrogens is 463 g/mol. The smallest absolute Gasteiger partial charge is 0.475 e. The number of rotatable bonds is 2.